The summed E-state index contributed by atoms with van der Waals surface area (Å²) in [5.74, 6) is 2.16. The van der Waals surface area contributed by atoms with Crippen LogP contribution in [0.25, 0.3) is 0 Å². The minimum absolute atomic E-state index is 0.502. The predicted octanol–water partition coefficient (Wildman–Crippen LogP) is 1.24. The molecule has 0 aliphatic heterocycles. The highest BCUT2D eigenvalue weighted by Gasteiger charge is 2.28. The van der Waals surface area contributed by atoms with Gasteiger partial charge in [0.2, 0.25) is 0 Å². The van der Waals surface area contributed by atoms with E-state index in [2.05, 4.69) is 39.5 Å². The second kappa shape index (κ2) is 5.63. The van der Waals surface area contributed by atoms with Crippen molar-refractivity contribution in [2.45, 2.75) is 44.0 Å². The zero-order valence-corrected chi connectivity index (χ0v) is 10.7. The Balaban J connectivity index is 1.99. The van der Waals surface area contributed by atoms with Crippen LogP contribution >= 0.6 is 11.8 Å². The van der Waals surface area contributed by atoms with Gasteiger partial charge in [-0.05, 0) is 42.5 Å². The fraction of sp³-hybridized carbons (Fsp3) is 0.900. The van der Waals surface area contributed by atoms with Gasteiger partial charge in [0, 0.05) is 5.25 Å². The molecule has 1 fully saturated rings. The van der Waals surface area contributed by atoms with Crippen LogP contribution in [0.2, 0.25) is 0 Å². The van der Waals surface area contributed by atoms with E-state index in [9.17, 15) is 0 Å². The molecule has 0 radical (unpaired) electrons. The SMILES string of the molecule is CCSC1CCC(n2nnnc2CNC)C1. The predicted molar refractivity (Wildman–Crippen MR) is 65.4 cm³/mol. The van der Waals surface area contributed by atoms with Gasteiger partial charge in [0.05, 0.1) is 12.6 Å². The molecule has 0 aromatic carbocycles. The highest BCUT2D eigenvalue weighted by atomic mass is 32.2. The molecule has 2 unspecified atom stereocenters. The first-order valence-electron chi connectivity index (χ1n) is 5.88. The molecule has 0 amide bonds. The molecule has 1 aromatic heterocycles. The van der Waals surface area contributed by atoms with E-state index in [0.717, 1.165) is 17.6 Å². The van der Waals surface area contributed by atoms with Crippen LogP contribution in [0.15, 0.2) is 0 Å². The largest absolute Gasteiger partial charge is 0.313 e. The van der Waals surface area contributed by atoms with Crippen molar-refractivity contribution in [3.8, 4) is 0 Å². The number of hydrogen-bond acceptors (Lipinski definition) is 5. The molecule has 90 valence electrons. The number of aromatic nitrogens is 4. The van der Waals surface area contributed by atoms with Gasteiger partial charge in [-0.3, -0.25) is 0 Å². The number of nitrogens with zero attached hydrogens (tertiary/aromatic N) is 4. The maximum absolute atomic E-state index is 4.12. The zero-order valence-electron chi connectivity index (χ0n) is 9.89. The van der Waals surface area contributed by atoms with E-state index in [1.54, 1.807) is 0 Å². The molecule has 1 aliphatic rings. The number of nitrogens with one attached hydrogen (secondary N) is 1. The summed E-state index contributed by atoms with van der Waals surface area (Å²) in [5, 5.41) is 15.8. The lowest BCUT2D eigenvalue weighted by Crippen LogP contribution is -2.16. The first-order valence-corrected chi connectivity index (χ1v) is 6.93. The monoisotopic (exact) mass is 241 g/mol. The first-order chi connectivity index (χ1) is 7.85. The van der Waals surface area contributed by atoms with Crippen molar-refractivity contribution in [3.63, 3.8) is 0 Å². The van der Waals surface area contributed by atoms with Gasteiger partial charge in [0.25, 0.3) is 0 Å². The Morgan fingerprint density at radius 2 is 2.38 bits per heavy atom. The summed E-state index contributed by atoms with van der Waals surface area (Å²) in [5.41, 5.74) is 0. The van der Waals surface area contributed by atoms with Gasteiger partial charge in [0.15, 0.2) is 5.82 Å². The van der Waals surface area contributed by atoms with E-state index in [0.29, 0.717) is 6.04 Å². The molecule has 2 rings (SSSR count). The summed E-state index contributed by atoms with van der Waals surface area (Å²) in [6.45, 7) is 2.97. The molecule has 0 spiro atoms. The highest BCUT2D eigenvalue weighted by Crippen LogP contribution is 2.36. The average molecular weight is 241 g/mol. The topological polar surface area (TPSA) is 55.6 Å². The molecule has 2 atom stereocenters. The number of thioether (sulfide) groups is 1. The first kappa shape index (κ1) is 11.9. The van der Waals surface area contributed by atoms with E-state index in [1.807, 2.05) is 11.7 Å². The van der Waals surface area contributed by atoms with E-state index >= 15 is 0 Å². The van der Waals surface area contributed by atoms with Crippen LogP contribution in [0, 0.1) is 0 Å². The summed E-state index contributed by atoms with van der Waals surface area (Å²) in [7, 11) is 1.92. The molecule has 0 saturated heterocycles. The van der Waals surface area contributed by atoms with Gasteiger partial charge in [0.1, 0.15) is 0 Å². The number of hydrogen-bond donors (Lipinski definition) is 1. The summed E-state index contributed by atoms with van der Waals surface area (Å²) in [6, 6.07) is 0.502. The van der Waals surface area contributed by atoms with Crippen LogP contribution < -0.4 is 5.32 Å². The third kappa shape index (κ3) is 2.55. The second-order valence-electron chi connectivity index (χ2n) is 4.11. The van der Waals surface area contributed by atoms with Crippen molar-refractivity contribution in [1.82, 2.24) is 25.5 Å². The Hall–Kier alpha value is -0.620. The van der Waals surface area contributed by atoms with Gasteiger partial charge >= 0.3 is 0 Å². The van der Waals surface area contributed by atoms with Crippen molar-refractivity contribution in [2.75, 3.05) is 12.8 Å². The Kier molecular flexibility index (Phi) is 4.17. The van der Waals surface area contributed by atoms with Gasteiger partial charge in [-0.15, -0.1) is 5.10 Å². The third-order valence-electron chi connectivity index (χ3n) is 3.00. The zero-order chi connectivity index (χ0) is 11.4. The third-order valence-corrected chi connectivity index (χ3v) is 4.23. The molecule has 1 saturated carbocycles. The lowest BCUT2D eigenvalue weighted by molar-refractivity contribution is 0.434. The van der Waals surface area contributed by atoms with Crippen molar-refractivity contribution in [1.29, 1.82) is 0 Å². The molecule has 1 aromatic rings. The Labute approximate surface area is 100 Å². The molecule has 6 heteroatoms. The average Bonchev–Trinajstić information content (AvgIpc) is 2.87. The van der Waals surface area contributed by atoms with Crippen LogP contribution in [0.1, 0.15) is 38.1 Å². The molecule has 0 bridgehead atoms. The van der Waals surface area contributed by atoms with E-state index in [4.69, 9.17) is 0 Å². The van der Waals surface area contributed by atoms with Gasteiger partial charge in [-0.25, -0.2) is 4.68 Å². The Bertz CT molecular complexity index is 327. The van der Waals surface area contributed by atoms with E-state index in [1.165, 1.54) is 25.0 Å². The smallest absolute Gasteiger partial charge is 0.165 e. The molecule has 5 nitrogen and oxygen atoms in total. The molecule has 16 heavy (non-hydrogen) atoms. The standard InChI is InChI=1S/C10H19N5S/c1-3-16-9-5-4-8(6-9)15-10(7-11-2)12-13-14-15/h8-9,11H,3-7H2,1-2H3. The summed E-state index contributed by atoms with van der Waals surface area (Å²) in [6.07, 6.45) is 3.71. The second-order valence-corrected chi connectivity index (χ2v) is 5.69. The maximum atomic E-state index is 4.12. The minimum atomic E-state index is 0.502. The summed E-state index contributed by atoms with van der Waals surface area (Å²) in [4.78, 5) is 0. The lowest BCUT2D eigenvalue weighted by Gasteiger charge is -2.12. The van der Waals surface area contributed by atoms with Crippen molar-refractivity contribution in [2.24, 2.45) is 0 Å². The Morgan fingerprint density at radius 3 is 3.12 bits per heavy atom. The molecule has 1 aliphatic carbocycles. The normalized spacial score (nSPS) is 25.1. The number of tetrazole rings is 1. The number of rotatable bonds is 5. The molecular formula is C10H19N5S. The fourth-order valence-corrected chi connectivity index (χ4v) is 3.43. The summed E-state index contributed by atoms with van der Waals surface area (Å²) < 4.78 is 2.01. The molecular weight excluding hydrogens is 222 g/mol. The molecule has 1 N–H and O–H groups in total. The fourth-order valence-electron chi connectivity index (χ4n) is 2.30. The van der Waals surface area contributed by atoms with Crippen LogP contribution in [0.5, 0.6) is 0 Å². The minimum Gasteiger partial charge on any atom is -0.313 e. The van der Waals surface area contributed by atoms with Gasteiger partial charge in [-0.2, -0.15) is 11.8 Å². The van der Waals surface area contributed by atoms with Crippen LogP contribution in [0.3, 0.4) is 0 Å². The van der Waals surface area contributed by atoms with Gasteiger partial charge < -0.3 is 5.32 Å². The van der Waals surface area contributed by atoms with Gasteiger partial charge in [-0.1, -0.05) is 6.92 Å². The Morgan fingerprint density at radius 1 is 1.50 bits per heavy atom. The molecule has 1 heterocycles. The van der Waals surface area contributed by atoms with Crippen LogP contribution in [-0.4, -0.2) is 38.3 Å². The van der Waals surface area contributed by atoms with E-state index < -0.39 is 0 Å². The van der Waals surface area contributed by atoms with Crippen LogP contribution in [-0.2, 0) is 6.54 Å². The van der Waals surface area contributed by atoms with E-state index in [-0.39, 0.29) is 0 Å². The quantitative estimate of drug-likeness (QED) is 0.840. The van der Waals surface area contributed by atoms with Crippen LogP contribution in [0.4, 0.5) is 0 Å². The summed E-state index contributed by atoms with van der Waals surface area (Å²) >= 11 is 2.06. The maximum Gasteiger partial charge on any atom is 0.165 e. The van der Waals surface area contributed by atoms with Crippen molar-refractivity contribution in [3.05, 3.63) is 5.82 Å². The van der Waals surface area contributed by atoms with Crippen molar-refractivity contribution < 1.29 is 0 Å². The lowest BCUT2D eigenvalue weighted by atomic mass is 10.2. The van der Waals surface area contributed by atoms with Crippen molar-refractivity contribution >= 4 is 11.8 Å². The highest BCUT2D eigenvalue weighted by molar-refractivity contribution is 7.99.